The number of ether oxygens (including phenoxy) is 1. The smallest absolute Gasteiger partial charge is 0.157 e. The number of fused-ring (bicyclic) bond motifs is 1. The van der Waals surface area contributed by atoms with Gasteiger partial charge in [0.25, 0.3) is 0 Å². The van der Waals surface area contributed by atoms with E-state index in [0.717, 1.165) is 24.8 Å². The van der Waals surface area contributed by atoms with E-state index in [1.165, 1.54) is 5.56 Å². The maximum atomic E-state index is 12.5. The minimum absolute atomic E-state index is 0.160. The van der Waals surface area contributed by atoms with Crippen LogP contribution in [0.25, 0.3) is 0 Å². The zero-order valence-corrected chi connectivity index (χ0v) is 13.2. The second-order valence-corrected chi connectivity index (χ2v) is 8.02. The molecule has 0 amide bonds. The fourth-order valence-electron chi connectivity index (χ4n) is 2.80. The first-order chi connectivity index (χ1) is 9.50. The van der Waals surface area contributed by atoms with E-state index >= 15 is 0 Å². The van der Waals surface area contributed by atoms with E-state index in [-0.39, 0.29) is 17.1 Å². The molecule has 1 atom stereocenters. The molecule has 1 aliphatic carbocycles. The lowest BCUT2D eigenvalue weighted by Crippen LogP contribution is -2.22. The van der Waals surface area contributed by atoms with Crippen molar-refractivity contribution in [2.45, 2.75) is 50.9 Å². The molecule has 112 valence electrons. The standard InChI is InChI=1S/C16H24O3S/c1-13(2)19-11-6-12-20(17,18)16-10-5-8-14-7-3-4-9-15(14)16/h3-4,7,9,13,16H,5-6,8,10-12H2,1-2H3/t16-/m0/s1. The molecule has 0 unspecified atom stereocenters. The highest BCUT2D eigenvalue weighted by Gasteiger charge is 2.30. The van der Waals surface area contributed by atoms with Crippen molar-refractivity contribution in [1.82, 2.24) is 0 Å². The predicted octanol–water partition coefficient (Wildman–Crippen LogP) is 3.29. The number of benzene rings is 1. The van der Waals surface area contributed by atoms with Crippen molar-refractivity contribution in [3.8, 4) is 0 Å². The van der Waals surface area contributed by atoms with Crippen molar-refractivity contribution in [1.29, 1.82) is 0 Å². The summed E-state index contributed by atoms with van der Waals surface area (Å²) in [4.78, 5) is 0. The Morgan fingerprint density at radius 2 is 2.05 bits per heavy atom. The monoisotopic (exact) mass is 296 g/mol. The molecule has 0 saturated carbocycles. The largest absolute Gasteiger partial charge is 0.379 e. The molecule has 0 heterocycles. The number of hydrogen-bond acceptors (Lipinski definition) is 3. The number of sulfone groups is 1. The van der Waals surface area contributed by atoms with Gasteiger partial charge in [0.05, 0.1) is 17.1 Å². The summed E-state index contributed by atoms with van der Waals surface area (Å²) in [5, 5.41) is -0.313. The third kappa shape index (κ3) is 3.83. The lowest BCUT2D eigenvalue weighted by atomic mass is 9.91. The van der Waals surface area contributed by atoms with E-state index in [4.69, 9.17) is 4.74 Å². The predicted molar refractivity (Wildman–Crippen MR) is 81.6 cm³/mol. The Bertz CT molecular complexity index is 534. The molecule has 1 aliphatic rings. The van der Waals surface area contributed by atoms with Gasteiger partial charge in [-0.25, -0.2) is 8.42 Å². The summed E-state index contributed by atoms with van der Waals surface area (Å²) in [6.07, 6.45) is 3.46. The fourth-order valence-corrected chi connectivity index (χ4v) is 4.75. The Kier molecular flexibility index (Phi) is 5.22. The molecule has 0 N–H and O–H groups in total. The number of hydrogen-bond donors (Lipinski definition) is 0. The van der Waals surface area contributed by atoms with Crippen LogP contribution in [0.4, 0.5) is 0 Å². The first-order valence-corrected chi connectivity index (χ1v) is 9.13. The summed E-state index contributed by atoms with van der Waals surface area (Å²) in [5.74, 6) is 0.221. The van der Waals surface area contributed by atoms with Gasteiger partial charge in [0, 0.05) is 6.61 Å². The summed E-state index contributed by atoms with van der Waals surface area (Å²) in [6, 6.07) is 7.96. The van der Waals surface area contributed by atoms with Crippen molar-refractivity contribution in [3.63, 3.8) is 0 Å². The van der Waals surface area contributed by atoms with Gasteiger partial charge in [-0.05, 0) is 50.7 Å². The molecule has 0 bridgehead atoms. The maximum Gasteiger partial charge on any atom is 0.157 e. The summed E-state index contributed by atoms with van der Waals surface area (Å²) < 4.78 is 30.5. The molecule has 1 aromatic carbocycles. The van der Waals surface area contributed by atoms with E-state index in [1.807, 2.05) is 32.0 Å². The summed E-state index contributed by atoms with van der Waals surface area (Å²) in [7, 11) is -3.07. The Labute approximate surface area is 122 Å². The third-order valence-corrected chi connectivity index (χ3v) is 5.99. The molecule has 0 aromatic heterocycles. The average molecular weight is 296 g/mol. The zero-order chi connectivity index (χ0) is 14.6. The Hall–Kier alpha value is -0.870. The Balaban J connectivity index is 2.03. The molecule has 0 fully saturated rings. The van der Waals surface area contributed by atoms with Crippen molar-refractivity contribution >= 4 is 9.84 Å². The van der Waals surface area contributed by atoms with Gasteiger partial charge in [-0.1, -0.05) is 24.3 Å². The van der Waals surface area contributed by atoms with E-state index in [9.17, 15) is 8.42 Å². The zero-order valence-electron chi connectivity index (χ0n) is 12.3. The maximum absolute atomic E-state index is 12.5. The molecule has 0 spiro atoms. The van der Waals surface area contributed by atoms with Crippen LogP contribution in [0.1, 0.15) is 49.5 Å². The molecule has 0 radical (unpaired) electrons. The van der Waals surface area contributed by atoms with E-state index in [1.54, 1.807) is 0 Å². The fraction of sp³-hybridized carbons (Fsp3) is 0.625. The quantitative estimate of drug-likeness (QED) is 0.757. The molecule has 3 nitrogen and oxygen atoms in total. The SMILES string of the molecule is CC(C)OCCCS(=O)(=O)[C@H]1CCCc2ccccc21. The normalized spacial score (nSPS) is 19.1. The highest BCUT2D eigenvalue weighted by atomic mass is 32.2. The van der Waals surface area contributed by atoms with Crippen LogP contribution >= 0.6 is 0 Å². The number of aryl methyl sites for hydroxylation is 1. The van der Waals surface area contributed by atoms with Crippen molar-refractivity contribution < 1.29 is 13.2 Å². The summed E-state index contributed by atoms with van der Waals surface area (Å²) in [5.41, 5.74) is 2.22. The van der Waals surface area contributed by atoms with Gasteiger partial charge >= 0.3 is 0 Å². The van der Waals surface area contributed by atoms with Gasteiger partial charge < -0.3 is 4.74 Å². The highest BCUT2D eigenvalue weighted by molar-refractivity contribution is 7.91. The van der Waals surface area contributed by atoms with Crippen molar-refractivity contribution in [2.24, 2.45) is 0 Å². The molecular formula is C16H24O3S. The molecular weight excluding hydrogens is 272 g/mol. The van der Waals surface area contributed by atoms with Crippen LogP contribution in [-0.2, 0) is 21.0 Å². The van der Waals surface area contributed by atoms with Gasteiger partial charge in [0.15, 0.2) is 9.84 Å². The third-order valence-electron chi connectivity index (χ3n) is 3.77. The second-order valence-electron chi connectivity index (χ2n) is 5.72. The first kappa shape index (κ1) is 15.5. The minimum Gasteiger partial charge on any atom is -0.379 e. The Morgan fingerprint density at radius 3 is 2.80 bits per heavy atom. The van der Waals surface area contributed by atoms with Gasteiger partial charge in [-0.3, -0.25) is 0 Å². The molecule has 0 aliphatic heterocycles. The average Bonchev–Trinajstić information content (AvgIpc) is 2.43. The van der Waals surface area contributed by atoms with Crippen molar-refractivity contribution in [2.75, 3.05) is 12.4 Å². The van der Waals surface area contributed by atoms with Crippen LogP contribution < -0.4 is 0 Å². The van der Waals surface area contributed by atoms with E-state index in [0.29, 0.717) is 13.0 Å². The molecule has 20 heavy (non-hydrogen) atoms. The molecule has 4 heteroatoms. The van der Waals surface area contributed by atoms with Crippen LogP contribution in [0, 0.1) is 0 Å². The summed E-state index contributed by atoms with van der Waals surface area (Å²) >= 11 is 0. The lowest BCUT2D eigenvalue weighted by Gasteiger charge is -2.25. The van der Waals surface area contributed by atoms with Crippen LogP contribution in [0.15, 0.2) is 24.3 Å². The van der Waals surface area contributed by atoms with Crippen LogP contribution in [0.2, 0.25) is 0 Å². The highest BCUT2D eigenvalue weighted by Crippen LogP contribution is 2.36. The first-order valence-electron chi connectivity index (χ1n) is 7.41. The van der Waals surface area contributed by atoms with Gasteiger partial charge in [-0.15, -0.1) is 0 Å². The van der Waals surface area contributed by atoms with Crippen molar-refractivity contribution in [3.05, 3.63) is 35.4 Å². The van der Waals surface area contributed by atoms with Gasteiger partial charge in [-0.2, -0.15) is 0 Å². The van der Waals surface area contributed by atoms with E-state index in [2.05, 4.69) is 6.07 Å². The lowest BCUT2D eigenvalue weighted by molar-refractivity contribution is 0.0797. The summed E-state index contributed by atoms with van der Waals surface area (Å²) in [6.45, 7) is 4.45. The minimum atomic E-state index is -3.07. The molecule has 2 rings (SSSR count). The van der Waals surface area contributed by atoms with Gasteiger partial charge in [0.1, 0.15) is 0 Å². The molecule has 0 saturated heterocycles. The molecule has 1 aromatic rings. The van der Waals surface area contributed by atoms with Crippen LogP contribution in [-0.4, -0.2) is 26.9 Å². The number of rotatable bonds is 6. The Morgan fingerprint density at radius 1 is 1.30 bits per heavy atom. The van der Waals surface area contributed by atoms with Crippen LogP contribution in [0.5, 0.6) is 0 Å². The van der Waals surface area contributed by atoms with E-state index < -0.39 is 9.84 Å². The topological polar surface area (TPSA) is 43.4 Å². The second kappa shape index (κ2) is 6.72. The van der Waals surface area contributed by atoms with Crippen LogP contribution in [0.3, 0.4) is 0 Å². The van der Waals surface area contributed by atoms with Gasteiger partial charge in [0.2, 0.25) is 0 Å².